The van der Waals surface area contributed by atoms with Crippen molar-refractivity contribution >= 4 is 23.9 Å². The Bertz CT molecular complexity index is 1070. The number of carboxylic acid groups (broad SMARTS) is 1. The summed E-state index contributed by atoms with van der Waals surface area (Å²) in [5.74, 6) is 0.0808. The van der Waals surface area contributed by atoms with Gasteiger partial charge in [-0.25, -0.2) is 4.98 Å². The number of anilines is 2. The molecule has 29 heavy (non-hydrogen) atoms. The molecule has 1 aromatic carbocycles. The molecular weight excluding hydrogens is 372 g/mol. The maximum Gasteiger partial charge on any atom is 0.290 e. The van der Waals surface area contributed by atoms with E-state index in [1.54, 1.807) is 30.9 Å². The third kappa shape index (κ3) is 5.17. The third-order valence-corrected chi connectivity index (χ3v) is 3.91. The van der Waals surface area contributed by atoms with Crippen LogP contribution in [0.3, 0.4) is 0 Å². The van der Waals surface area contributed by atoms with E-state index < -0.39 is 0 Å². The molecule has 0 spiro atoms. The number of aryl methyl sites for hydroxylation is 1. The summed E-state index contributed by atoms with van der Waals surface area (Å²) in [7, 11) is 1.81. The molecule has 0 fully saturated rings. The van der Waals surface area contributed by atoms with Crippen LogP contribution in [-0.4, -0.2) is 32.3 Å². The molecule has 0 saturated carbocycles. The second-order valence-electron chi connectivity index (χ2n) is 5.89. The van der Waals surface area contributed by atoms with Crippen LogP contribution in [0.2, 0.25) is 0 Å². The molecule has 0 bridgehead atoms. The Balaban J connectivity index is 0.000000941. The summed E-state index contributed by atoms with van der Waals surface area (Å²) in [6.07, 6.45) is 2.20. The molecule has 0 atom stereocenters. The van der Waals surface area contributed by atoms with Crippen LogP contribution >= 0.6 is 0 Å². The van der Waals surface area contributed by atoms with Crippen molar-refractivity contribution in [2.45, 2.75) is 13.3 Å². The SMILES string of the molecule is CCC(=O)Nc1cccc(-c2cc(-c3ccn(C)n3)c(C#N)c(N)n2)c1.O=CO. The summed E-state index contributed by atoms with van der Waals surface area (Å²) in [5.41, 5.74) is 9.65. The standard InChI is InChI=1S/C19H18N6O.CH2O2/c1-3-18(26)22-13-6-4-5-12(9-13)17-10-14(15(11-20)19(21)23-17)16-7-8-25(2)24-16;2-1-3/h4-10H,3H2,1-2H3,(H2,21,23)(H,22,26);1H,(H,2,3). The van der Waals surface area contributed by atoms with E-state index in [4.69, 9.17) is 15.6 Å². The van der Waals surface area contributed by atoms with E-state index in [-0.39, 0.29) is 18.2 Å². The molecule has 1 amide bonds. The van der Waals surface area contributed by atoms with Crippen LogP contribution in [0.5, 0.6) is 0 Å². The summed E-state index contributed by atoms with van der Waals surface area (Å²) >= 11 is 0. The van der Waals surface area contributed by atoms with Crippen molar-refractivity contribution in [3.63, 3.8) is 0 Å². The van der Waals surface area contributed by atoms with Gasteiger partial charge < -0.3 is 16.2 Å². The van der Waals surface area contributed by atoms with Gasteiger partial charge in [0.15, 0.2) is 0 Å². The molecule has 0 aliphatic rings. The van der Waals surface area contributed by atoms with Gasteiger partial charge >= 0.3 is 0 Å². The Morgan fingerprint density at radius 1 is 1.34 bits per heavy atom. The minimum atomic E-state index is -0.250. The van der Waals surface area contributed by atoms with E-state index in [0.717, 1.165) is 5.56 Å². The molecule has 3 aromatic rings. The number of carbonyl (C=O) groups excluding carboxylic acids is 1. The maximum absolute atomic E-state index is 11.6. The lowest BCUT2D eigenvalue weighted by Gasteiger charge is -2.10. The smallest absolute Gasteiger partial charge is 0.290 e. The number of aromatic nitrogens is 3. The van der Waals surface area contributed by atoms with Crippen molar-refractivity contribution in [2.75, 3.05) is 11.1 Å². The molecule has 0 aliphatic heterocycles. The van der Waals surface area contributed by atoms with E-state index >= 15 is 0 Å². The van der Waals surface area contributed by atoms with Crippen LogP contribution in [0.15, 0.2) is 42.6 Å². The molecule has 3 rings (SSSR count). The number of hydrogen-bond donors (Lipinski definition) is 3. The molecule has 0 aliphatic carbocycles. The highest BCUT2D eigenvalue weighted by molar-refractivity contribution is 5.91. The Labute approximate surface area is 167 Å². The van der Waals surface area contributed by atoms with E-state index in [1.165, 1.54) is 0 Å². The van der Waals surface area contributed by atoms with Gasteiger partial charge in [-0.15, -0.1) is 0 Å². The number of hydrogen-bond acceptors (Lipinski definition) is 6. The largest absolute Gasteiger partial charge is 0.483 e. The van der Waals surface area contributed by atoms with Crippen LogP contribution in [-0.2, 0) is 16.6 Å². The minimum absolute atomic E-state index is 0.0661. The summed E-state index contributed by atoms with van der Waals surface area (Å²) in [6.45, 7) is 1.54. The lowest BCUT2D eigenvalue weighted by Crippen LogP contribution is -2.09. The summed E-state index contributed by atoms with van der Waals surface area (Å²) in [6, 6.07) is 13.0. The molecular formula is C20H20N6O3. The zero-order chi connectivity index (χ0) is 21.4. The fourth-order valence-corrected chi connectivity index (χ4v) is 2.60. The second-order valence-corrected chi connectivity index (χ2v) is 5.89. The Kier molecular flexibility index (Phi) is 7.03. The van der Waals surface area contributed by atoms with Gasteiger partial charge in [-0.1, -0.05) is 19.1 Å². The number of nitrogen functional groups attached to an aromatic ring is 1. The third-order valence-electron chi connectivity index (χ3n) is 3.91. The number of nitrogens with one attached hydrogen (secondary N) is 1. The molecule has 0 saturated heterocycles. The van der Waals surface area contributed by atoms with Gasteiger partial charge in [-0.05, 0) is 24.3 Å². The van der Waals surface area contributed by atoms with Crippen molar-refractivity contribution in [1.29, 1.82) is 5.26 Å². The first kappa shape index (κ1) is 21.1. The van der Waals surface area contributed by atoms with Crippen molar-refractivity contribution in [3.8, 4) is 28.6 Å². The summed E-state index contributed by atoms with van der Waals surface area (Å²) < 4.78 is 1.66. The first-order valence-electron chi connectivity index (χ1n) is 8.62. The first-order valence-corrected chi connectivity index (χ1v) is 8.62. The van der Waals surface area contributed by atoms with Crippen molar-refractivity contribution in [2.24, 2.45) is 7.05 Å². The number of nitrogens with two attached hydrogens (primary N) is 1. The molecule has 9 nitrogen and oxygen atoms in total. The predicted octanol–water partition coefficient (Wildman–Crippen LogP) is 2.65. The van der Waals surface area contributed by atoms with Gasteiger partial charge in [0.25, 0.3) is 6.47 Å². The van der Waals surface area contributed by atoms with Crippen LogP contribution in [0.4, 0.5) is 11.5 Å². The molecule has 2 aromatic heterocycles. The Morgan fingerprint density at radius 3 is 2.66 bits per heavy atom. The number of benzene rings is 1. The van der Waals surface area contributed by atoms with Crippen molar-refractivity contribution in [3.05, 3.63) is 48.2 Å². The van der Waals surface area contributed by atoms with Gasteiger partial charge in [0.05, 0.1) is 11.4 Å². The fraction of sp³-hybridized carbons (Fsp3) is 0.150. The van der Waals surface area contributed by atoms with E-state index in [9.17, 15) is 10.1 Å². The summed E-state index contributed by atoms with van der Waals surface area (Å²) in [5, 5.41) is 23.5. The highest BCUT2D eigenvalue weighted by Crippen LogP contribution is 2.31. The van der Waals surface area contributed by atoms with Gasteiger partial charge in [-0.3, -0.25) is 14.3 Å². The quantitative estimate of drug-likeness (QED) is 0.578. The number of carbonyl (C=O) groups is 2. The van der Waals surface area contributed by atoms with Crippen LogP contribution in [0.25, 0.3) is 22.5 Å². The molecule has 4 N–H and O–H groups in total. The molecule has 2 heterocycles. The topological polar surface area (TPSA) is 147 Å². The van der Waals surface area contributed by atoms with Gasteiger partial charge in [0, 0.05) is 36.5 Å². The van der Waals surface area contributed by atoms with Crippen LogP contribution in [0, 0.1) is 11.3 Å². The zero-order valence-electron chi connectivity index (χ0n) is 16.0. The normalized spacial score (nSPS) is 9.69. The summed E-state index contributed by atoms with van der Waals surface area (Å²) in [4.78, 5) is 24.3. The van der Waals surface area contributed by atoms with Crippen molar-refractivity contribution in [1.82, 2.24) is 14.8 Å². The number of nitriles is 1. The van der Waals surface area contributed by atoms with Gasteiger partial charge in [0.2, 0.25) is 5.91 Å². The van der Waals surface area contributed by atoms with Crippen LogP contribution < -0.4 is 11.1 Å². The first-order chi connectivity index (χ1) is 13.9. The molecule has 148 valence electrons. The average Bonchev–Trinajstić information content (AvgIpc) is 3.14. The molecule has 0 radical (unpaired) electrons. The maximum atomic E-state index is 11.6. The molecule has 9 heteroatoms. The lowest BCUT2D eigenvalue weighted by atomic mass is 10.0. The monoisotopic (exact) mass is 392 g/mol. The van der Waals surface area contributed by atoms with Crippen LogP contribution in [0.1, 0.15) is 18.9 Å². The zero-order valence-corrected chi connectivity index (χ0v) is 16.0. The number of nitrogens with zero attached hydrogens (tertiary/aromatic N) is 4. The lowest BCUT2D eigenvalue weighted by molar-refractivity contribution is -0.123. The minimum Gasteiger partial charge on any atom is -0.483 e. The predicted molar refractivity (Wildman–Crippen MR) is 109 cm³/mol. The Hall–Kier alpha value is -4.19. The fourth-order valence-electron chi connectivity index (χ4n) is 2.60. The van der Waals surface area contributed by atoms with E-state index in [0.29, 0.717) is 34.6 Å². The van der Waals surface area contributed by atoms with E-state index in [1.807, 2.05) is 30.3 Å². The number of rotatable bonds is 4. The average molecular weight is 392 g/mol. The molecule has 0 unspecified atom stereocenters. The highest BCUT2D eigenvalue weighted by atomic mass is 16.3. The highest BCUT2D eigenvalue weighted by Gasteiger charge is 2.15. The van der Waals surface area contributed by atoms with Crippen molar-refractivity contribution < 1.29 is 14.7 Å². The van der Waals surface area contributed by atoms with Gasteiger partial charge in [-0.2, -0.15) is 10.4 Å². The van der Waals surface area contributed by atoms with Gasteiger partial charge in [0.1, 0.15) is 17.5 Å². The second kappa shape index (κ2) is 9.66. The number of amides is 1. The Morgan fingerprint density at radius 2 is 2.07 bits per heavy atom. The number of pyridine rings is 1. The van der Waals surface area contributed by atoms with E-state index in [2.05, 4.69) is 21.5 Å².